The van der Waals surface area contributed by atoms with Gasteiger partial charge in [0.1, 0.15) is 0 Å². The normalized spacial score (nSPS) is 12.5. The number of H-pyrrole nitrogens is 1. The van der Waals surface area contributed by atoms with Gasteiger partial charge in [-0.3, -0.25) is 0 Å². The van der Waals surface area contributed by atoms with Crippen LogP contribution in [0, 0.1) is 0 Å². The molecule has 0 amide bonds. The highest BCUT2D eigenvalue weighted by molar-refractivity contribution is 5.16. The lowest BCUT2D eigenvalue weighted by Crippen LogP contribution is -2.34. The number of aliphatic hydroxyl groups is 1. The summed E-state index contributed by atoms with van der Waals surface area (Å²) in [6.07, 6.45) is 2.75. The minimum atomic E-state index is 0.0979. The number of nitrogens with one attached hydrogen (secondary N) is 2. The Morgan fingerprint density at radius 1 is 1.12 bits per heavy atom. The molecular formula is C14H18N2O. The molecule has 0 aliphatic heterocycles. The fraction of sp³-hybridized carbons (Fsp3) is 0.286. The molecule has 0 unspecified atom stereocenters. The fourth-order valence-corrected chi connectivity index (χ4v) is 1.83. The molecule has 17 heavy (non-hydrogen) atoms. The van der Waals surface area contributed by atoms with Crippen LogP contribution in [0.15, 0.2) is 48.7 Å². The van der Waals surface area contributed by atoms with Crippen LogP contribution in [0.2, 0.25) is 0 Å². The van der Waals surface area contributed by atoms with Crippen LogP contribution in [0.1, 0.15) is 11.3 Å². The second-order valence-corrected chi connectivity index (χ2v) is 4.15. The lowest BCUT2D eigenvalue weighted by molar-refractivity contribution is 0.240. The average molecular weight is 230 g/mol. The Hall–Kier alpha value is -1.58. The molecule has 0 aliphatic carbocycles. The van der Waals surface area contributed by atoms with Gasteiger partial charge in [-0.25, -0.2) is 0 Å². The Morgan fingerprint density at radius 2 is 1.94 bits per heavy atom. The molecule has 0 saturated carbocycles. The van der Waals surface area contributed by atoms with E-state index in [0.29, 0.717) is 0 Å². The van der Waals surface area contributed by atoms with Crippen molar-refractivity contribution in [1.29, 1.82) is 0 Å². The summed E-state index contributed by atoms with van der Waals surface area (Å²) in [5.74, 6) is 0. The lowest BCUT2D eigenvalue weighted by atomic mass is 10.1. The first-order valence-electron chi connectivity index (χ1n) is 5.89. The van der Waals surface area contributed by atoms with E-state index in [0.717, 1.165) is 18.7 Å². The van der Waals surface area contributed by atoms with Crippen molar-refractivity contribution in [3.8, 4) is 0 Å². The molecule has 2 aromatic rings. The standard InChI is InChI=1S/C14H18N2O/c17-11-14(9-12-5-2-1-3-6-12)16-10-13-7-4-8-15-13/h1-8,14-17H,9-11H2/t14-/m0/s1. The van der Waals surface area contributed by atoms with Gasteiger partial charge in [-0.15, -0.1) is 0 Å². The predicted molar refractivity (Wildman–Crippen MR) is 68.7 cm³/mol. The highest BCUT2D eigenvalue weighted by Gasteiger charge is 2.07. The van der Waals surface area contributed by atoms with Gasteiger partial charge >= 0.3 is 0 Å². The molecule has 0 radical (unpaired) electrons. The number of hydrogen-bond acceptors (Lipinski definition) is 2. The summed E-state index contributed by atoms with van der Waals surface area (Å²) < 4.78 is 0. The van der Waals surface area contributed by atoms with Crippen LogP contribution in [-0.4, -0.2) is 22.7 Å². The Balaban J connectivity index is 1.85. The van der Waals surface area contributed by atoms with Crippen molar-refractivity contribution in [3.05, 3.63) is 59.9 Å². The van der Waals surface area contributed by atoms with Gasteiger partial charge in [0.25, 0.3) is 0 Å². The van der Waals surface area contributed by atoms with E-state index in [1.54, 1.807) is 0 Å². The molecule has 2 rings (SSSR count). The van der Waals surface area contributed by atoms with Crippen LogP contribution in [0.3, 0.4) is 0 Å². The number of benzene rings is 1. The topological polar surface area (TPSA) is 48.0 Å². The summed E-state index contributed by atoms with van der Waals surface area (Å²) >= 11 is 0. The predicted octanol–water partition coefficient (Wildman–Crippen LogP) is 1.71. The van der Waals surface area contributed by atoms with E-state index >= 15 is 0 Å². The second kappa shape index (κ2) is 6.23. The average Bonchev–Trinajstić information content (AvgIpc) is 2.89. The van der Waals surface area contributed by atoms with E-state index in [1.807, 2.05) is 36.5 Å². The number of rotatable bonds is 6. The van der Waals surface area contributed by atoms with Gasteiger partial charge in [-0.2, -0.15) is 0 Å². The molecule has 0 spiro atoms. The van der Waals surface area contributed by atoms with Crippen LogP contribution < -0.4 is 5.32 Å². The first kappa shape index (κ1) is 11.9. The zero-order chi connectivity index (χ0) is 11.9. The van der Waals surface area contributed by atoms with Crippen LogP contribution in [-0.2, 0) is 13.0 Å². The smallest absolute Gasteiger partial charge is 0.0588 e. The molecule has 0 fully saturated rings. The van der Waals surface area contributed by atoms with E-state index in [2.05, 4.69) is 22.4 Å². The van der Waals surface area contributed by atoms with Crippen molar-refractivity contribution in [1.82, 2.24) is 10.3 Å². The molecule has 0 bridgehead atoms. The summed E-state index contributed by atoms with van der Waals surface area (Å²) in [6, 6.07) is 14.3. The fourth-order valence-electron chi connectivity index (χ4n) is 1.83. The Kier molecular flexibility index (Phi) is 4.36. The van der Waals surface area contributed by atoms with Gasteiger partial charge in [-0.1, -0.05) is 30.3 Å². The summed E-state index contributed by atoms with van der Waals surface area (Å²) in [6.45, 7) is 0.903. The number of aromatic amines is 1. The first-order chi connectivity index (χ1) is 8.38. The molecule has 1 aromatic heterocycles. The molecule has 3 N–H and O–H groups in total. The molecule has 90 valence electrons. The third kappa shape index (κ3) is 3.73. The van der Waals surface area contributed by atoms with Gasteiger partial charge in [0, 0.05) is 24.5 Å². The van der Waals surface area contributed by atoms with Gasteiger partial charge in [0.05, 0.1) is 6.61 Å². The molecule has 0 saturated heterocycles. The third-order valence-corrected chi connectivity index (χ3v) is 2.79. The zero-order valence-electron chi connectivity index (χ0n) is 9.76. The number of aliphatic hydroxyl groups excluding tert-OH is 1. The third-order valence-electron chi connectivity index (χ3n) is 2.79. The maximum atomic E-state index is 9.34. The van der Waals surface area contributed by atoms with E-state index in [9.17, 15) is 5.11 Å². The quantitative estimate of drug-likeness (QED) is 0.707. The zero-order valence-corrected chi connectivity index (χ0v) is 9.76. The highest BCUT2D eigenvalue weighted by Crippen LogP contribution is 2.03. The SMILES string of the molecule is OC[C@H](Cc1ccccc1)NCc1ccc[nH]1. The molecule has 1 atom stereocenters. The van der Waals surface area contributed by atoms with Gasteiger partial charge < -0.3 is 15.4 Å². The van der Waals surface area contributed by atoms with Crippen molar-refractivity contribution in [2.75, 3.05) is 6.61 Å². The van der Waals surface area contributed by atoms with Crippen LogP contribution >= 0.6 is 0 Å². The minimum Gasteiger partial charge on any atom is -0.395 e. The molecule has 3 heteroatoms. The van der Waals surface area contributed by atoms with Crippen molar-refractivity contribution in [2.45, 2.75) is 19.0 Å². The molecule has 3 nitrogen and oxygen atoms in total. The second-order valence-electron chi connectivity index (χ2n) is 4.15. The largest absolute Gasteiger partial charge is 0.395 e. The van der Waals surface area contributed by atoms with Crippen molar-refractivity contribution in [3.63, 3.8) is 0 Å². The maximum Gasteiger partial charge on any atom is 0.0588 e. The molecule has 1 aromatic carbocycles. The lowest BCUT2D eigenvalue weighted by Gasteiger charge is -2.15. The summed E-state index contributed by atoms with van der Waals surface area (Å²) in [7, 11) is 0. The van der Waals surface area contributed by atoms with Gasteiger partial charge in [-0.05, 0) is 24.1 Å². The summed E-state index contributed by atoms with van der Waals surface area (Å²) in [5, 5.41) is 12.7. The van der Waals surface area contributed by atoms with E-state index < -0.39 is 0 Å². The van der Waals surface area contributed by atoms with Crippen LogP contribution in [0.25, 0.3) is 0 Å². The van der Waals surface area contributed by atoms with Gasteiger partial charge in [0.2, 0.25) is 0 Å². The van der Waals surface area contributed by atoms with E-state index in [4.69, 9.17) is 0 Å². The number of aromatic nitrogens is 1. The maximum absolute atomic E-state index is 9.34. The van der Waals surface area contributed by atoms with Crippen LogP contribution in [0.5, 0.6) is 0 Å². The first-order valence-corrected chi connectivity index (χ1v) is 5.89. The number of hydrogen-bond donors (Lipinski definition) is 3. The van der Waals surface area contributed by atoms with Crippen molar-refractivity contribution < 1.29 is 5.11 Å². The van der Waals surface area contributed by atoms with Crippen LogP contribution in [0.4, 0.5) is 0 Å². The monoisotopic (exact) mass is 230 g/mol. The Morgan fingerprint density at radius 3 is 2.59 bits per heavy atom. The Bertz CT molecular complexity index is 411. The van der Waals surface area contributed by atoms with E-state index in [1.165, 1.54) is 5.56 Å². The van der Waals surface area contributed by atoms with Crippen molar-refractivity contribution in [2.24, 2.45) is 0 Å². The van der Waals surface area contributed by atoms with Crippen molar-refractivity contribution >= 4 is 0 Å². The Labute approximate surface area is 102 Å². The van der Waals surface area contributed by atoms with E-state index in [-0.39, 0.29) is 12.6 Å². The molecule has 0 aliphatic rings. The molecular weight excluding hydrogens is 212 g/mol. The summed E-state index contributed by atoms with van der Waals surface area (Å²) in [5.41, 5.74) is 2.38. The highest BCUT2D eigenvalue weighted by atomic mass is 16.3. The summed E-state index contributed by atoms with van der Waals surface area (Å²) in [4.78, 5) is 3.14. The van der Waals surface area contributed by atoms with Gasteiger partial charge in [0.15, 0.2) is 0 Å². The minimum absolute atomic E-state index is 0.0979. The molecule has 1 heterocycles.